The number of rotatable bonds is 0. The average Bonchev–Trinajstić information content (AvgIpc) is 2.12. The quantitative estimate of drug-likeness (QED) is 0.666. The van der Waals surface area contributed by atoms with Crippen LogP contribution < -0.4 is 4.74 Å². The third-order valence-electron chi connectivity index (χ3n) is 2.34. The zero-order valence-corrected chi connectivity index (χ0v) is 9.72. The van der Waals surface area contributed by atoms with Gasteiger partial charge >= 0.3 is 0 Å². The van der Waals surface area contributed by atoms with Gasteiger partial charge in [-0.3, -0.25) is 4.79 Å². The van der Waals surface area contributed by atoms with Gasteiger partial charge in [0, 0.05) is 0 Å². The van der Waals surface area contributed by atoms with Crippen molar-refractivity contribution < 1.29 is 9.53 Å². The van der Waals surface area contributed by atoms with E-state index in [2.05, 4.69) is 15.9 Å². The van der Waals surface area contributed by atoms with Crippen LogP contribution in [0.15, 0.2) is 12.1 Å². The van der Waals surface area contributed by atoms with E-state index < -0.39 is 0 Å². The molecule has 2 rings (SSSR count). The van der Waals surface area contributed by atoms with Gasteiger partial charge in [-0.25, -0.2) is 0 Å². The van der Waals surface area contributed by atoms with Crippen molar-refractivity contribution in [1.29, 1.82) is 0 Å². The van der Waals surface area contributed by atoms with Crippen LogP contribution in [0.3, 0.4) is 0 Å². The lowest BCUT2D eigenvalue weighted by Crippen LogP contribution is -2.28. The van der Waals surface area contributed by atoms with Gasteiger partial charge in [-0.15, -0.1) is 0 Å². The third-order valence-corrected chi connectivity index (χ3v) is 3.02. The fourth-order valence-electron chi connectivity index (χ4n) is 1.73. The Hall–Kier alpha value is -0.830. The lowest BCUT2D eigenvalue weighted by Gasteiger charge is -2.22. The first-order valence-corrected chi connectivity index (χ1v) is 5.43. The monoisotopic (exact) mass is 254 g/mol. The minimum Gasteiger partial charge on any atom is -0.491 e. The number of ether oxygens (including phenoxy) is 1. The van der Waals surface area contributed by atoms with Crippen LogP contribution in [0.4, 0.5) is 0 Å². The average molecular weight is 255 g/mol. The maximum atomic E-state index is 11.8. The number of benzene rings is 1. The standard InChI is InChI=1S/C11H11BrO2/c1-6-3-7(2)11-8(4-6)10(13)9(12)5-14-11/h3-4,9H,5H2,1-2H3. The number of hydrogen-bond acceptors (Lipinski definition) is 2. The van der Waals surface area contributed by atoms with Crippen molar-refractivity contribution in [3.05, 3.63) is 28.8 Å². The number of aryl methyl sites for hydroxylation is 2. The second-order valence-corrected chi connectivity index (χ2v) is 4.71. The number of ketones is 1. The molecule has 0 aromatic heterocycles. The summed E-state index contributed by atoms with van der Waals surface area (Å²) in [5, 5.41) is 0. The summed E-state index contributed by atoms with van der Waals surface area (Å²) in [4.78, 5) is 11.6. The van der Waals surface area contributed by atoms with E-state index in [0.717, 1.165) is 16.9 Å². The summed E-state index contributed by atoms with van der Waals surface area (Å²) >= 11 is 3.30. The molecule has 1 heterocycles. The summed E-state index contributed by atoms with van der Waals surface area (Å²) in [6.45, 7) is 4.38. The predicted octanol–water partition coefficient (Wildman–Crippen LogP) is 2.64. The minimum atomic E-state index is -0.198. The molecular weight excluding hydrogens is 244 g/mol. The molecule has 0 saturated heterocycles. The molecule has 0 fully saturated rings. The van der Waals surface area contributed by atoms with Gasteiger partial charge in [-0.2, -0.15) is 0 Å². The smallest absolute Gasteiger partial charge is 0.183 e. The third kappa shape index (κ3) is 1.46. The molecule has 0 amide bonds. The SMILES string of the molecule is Cc1cc(C)c2c(c1)C(=O)C(Br)CO2. The van der Waals surface area contributed by atoms with Gasteiger partial charge in [0.05, 0.1) is 5.56 Å². The highest BCUT2D eigenvalue weighted by atomic mass is 79.9. The first-order chi connectivity index (χ1) is 6.59. The molecule has 1 aromatic carbocycles. The first kappa shape index (κ1) is 9.71. The van der Waals surface area contributed by atoms with Crippen LogP contribution in [0.5, 0.6) is 5.75 Å². The van der Waals surface area contributed by atoms with Gasteiger partial charge in [0.25, 0.3) is 0 Å². The van der Waals surface area contributed by atoms with E-state index in [4.69, 9.17) is 4.74 Å². The summed E-state index contributed by atoms with van der Waals surface area (Å²) in [6.07, 6.45) is 0. The minimum absolute atomic E-state index is 0.123. The van der Waals surface area contributed by atoms with Gasteiger partial charge in [-0.05, 0) is 31.0 Å². The van der Waals surface area contributed by atoms with Crippen LogP contribution in [0.1, 0.15) is 21.5 Å². The van der Waals surface area contributed by atoms with Crippen LogP contribution >= 0.6 is 15.9 Å². The van der Waals surface area contributed by atoms with Crippen molar-refractivity contribution in [3.63, 3.8) is 0 Å². The number of carbonyl (C=O) groups excluding carboxylic acids is 1. The van der Waals surface area contributed by atoms with Gasteiger partial charge in [0.2, 0.25) is 0 Å². The van der Waals surface area contributed by atoms with Crippen molar-refractivity contribution in [3.8, 4) is 5.75 Å². The Morgan fingerprint density at radius 3 is 2.86 bits per heavy atom. The normalized spacial score (nSPS) is 20.2. The van der Waals surface area contributed by atoms with Crippen LogP contribution in [-0.4, -0.2) is 17.2 Å². The largest absolute Gasteiger partial charge is 0.491 e. The predicted molar refractivity (Wildman–Crippen MR) is 58.5 cm³/mol. The lowest BCUT2D eigenvalue weighted by molar-refractivity contribution is 0.0945. The fourth-order valence-corrected chi connectivity index (χ4v) is 2.11. The topological polar surface area (TPSA) is 26.3 Å². The number of Topliss-reactive ketones (excluding diaryl/α,β-unsaturated/α-hetero) is 1. The fraction of sp³-hybridized carbons (Fsp3) is 0.364. The summed E-state index contributed by atoms with van der Waals surface area (Å²) in [7, 11) is 0. The van der Waals surface area contributed by atoms with Crippen molar-refractivity contribution >= 4 is 21.7 Å². The van der Waals surface area contributed by atoms with Gasteiger partial charge in [0.15, 0.2) is 5.78 Å². The Morgan fingerprint density at radius 1 is 1.43 bits per heavy atom. The Kier molecular flexibility index (Phi) is 2.35. The van der Waals surface area contributed by atoms with Gasteiger partial charge < -0.3 is 4.74 Å². The summed E-state index contributed by atoms with van der Waals surface area (Å²) in [5.74, 6) is 0.870. The number of alkyl halides is 1. The molecule has 0 saturated carbocycles. The van der Waals surface area contributed by atoms with E-state index in [9.17, 15) is 4.79 Å². The number of carbonyl (C=O) groups is 1. The molecule has 0 N–H and O–H groups in total. The molecule has 74 valence electrons. The lowest BCUT2D eigenvalue weighted by atomic mass is 9.99. The number of hydrogen-bond donors (Lipinski definition) is 0. The van der Waals surface area contributed by atoms with Crippen molar-refractivity contribution in [2.75, 3.05) is 6.61 Å². The first-order valence-electron chi connectivity index (χ1n) is 4.52. The molecule has 1 aliphatic heterocycles. The molecular formula is C11H11BrO2. The molecule has 1 atom stereocenters. The summed E-state index contributed by atoms with van der Waals surface area (Å²) in [5.41, 5.74) is 2.84. The second kappa shape index (κ2) is 3.39. The zero-order valence-electron chi connectivity index (χ0n) is 8.13. The summed E-state index contributed by atoms with van der Waals surface area (Å²) in [6, 6.07) is 3.92. The highest BCUT2D eigenvalue weighted by Crippen LogP contribution is 2.31. The van der Waals surface area contributed by atoms with Crippen molar-refractivity contribution in [2.24, 2.45) is 0 Å². The number of fused-ring (bicyclic) bond motifs is 1. The van der Waals surface area contributed by atoms with Crippen LogP contribution in [-0.2, 0) is 0 Å². The molecule has 1 unspecified atom stereocenters. The highest BCUT2D eigenvalue weighted by molar-refractivity contribution is 9.10. The number of halogens is 1. The van der Waals surface area contributed by atoms with Crippen molar-refractivity contribution in [1.82, 2.24) is 0 Å². The van der Waals surface area contributed by atoms with E-state index in [-0.39, 0.29) is 10.6 Å². The highest BCUT2D eigenvalue weighted by Gasteiger charge is 2.27. The van der Waals surface area contributed by atoms with E-state index in [1.807, 2.05) is 26.0 Å². The zero-order chi connectivity index (χ0) is 10.3. The maximum absolute atomic E-state index is 11.8. The Labute approximate surface area is 91.4 Å². The Bertz CT molecular complexity index is 399. The molecule has 1 aromatic rings. The maximum Gasteiger partial charge on any atom is 0.183 e. The summed E-state index contributed by atoms with van der Waals surface area (Å²) < 4.78 is 5.52. The van der Waals surface area contributed by atoms with Crippen LogP contribution in [0.2, 0.25) is 0 Å². The van der Waals surface area contributed by atoms with E-state index in [1.165, 1.54) is 0 Å². The Morgan fingerprint density at radius 2 is 2.14 bits per heavy atom. The Balaban J connectivity index is 2.60. The molecule has 14 heavy (non-hydrogen) atoms. The molecule has 3 heteroatoms. The van der Waals surface area contributed by atoms with Gasteiger partial charge in [-0.1, -0.05) is 22.0 Å². The van der Waals surface area contributed by atoms with E-state index in [0.29, 0.717) is 12.2 Å². The molecule has 0 bridgehead atoms. The van der Waals surface area contributed by atoms with E-state index >= 15 is 0 Å². The molecule has 1 aliphatic rings. The molecule has 2 nitrogen and oxygen atoms in total. The van der Waals surface area contributed by atoms with Crippen LogP contribution in [0, 0.1) is 13.8 Å². The van der Waals surface area contributed by atoms with E-state index in [1.54, 1.807) is 0 Å². The van der Waals surface area contributed by atoms with Gasteiger partial charge in [0.1, 0.15) is 17.2 Å². The molecule has 0 spiro atoms. The second-order valence-electron chi connectivity index (χ2n) is 3.60. The van der Waals surface area contributed by atoms with Crippen molar-refractivity contribution in [2.45, 2.75) is 18.7 Å². The molecule has 0 aliphatic carbocycles. The van der Waals surface area contributed by atoms with Crippen LogP contribution in [0.25, 0.3) is 0 Å². The molecule has 0 radical (unpaired) electrons.